The molecule has 0 radical (unpaired) electrons. The highest BCUT2D eigenvalue weighted by Crippen LogP contribution is 2.44. The fraction of sp³-hybridized carbons (Fsp3) is 0.0556. The number of para-hydroxylation sites is 1. The molecular formula is C36H28N2O2. The summed E-state index contributed by atoms with van der Waals surface area (Å²) in [6.45, 7) is 0. The molecule has 0 aliphatic carbocycles. The van der Waals surface area contributed by atoms with Gasteiger partial charge in [0.1, 0.15) is 11.5 Å². The predicted molar refractivity (Wildman–Crippen MR) is 166 cm³/mol. The number of nitrogens with zero attached hydrogens (tertiary/aromatic N) is 2. The van der Waals surface area contributed by atoms with Crippen LogP contribution in [0, 0.1) is 0 Å². The maximum atomic E-state index is 5.62. The summed E-state index contributed by atoms with van der Waals surface area (Å²) in [4.78, 5) is 2.28. The molecular weight excluding hydrogens is 492 g/mol. The van der Waals surface area contributed by atoms with Gasteiger partial charge in [-0.3, -0.25) is 0 Å². The van der Waals surface area contributed by atoms with Crippen LogP contribution in [0.3, 0.4) is 0 Å². The van der Waals surface area contributed by atoms with Crippen LogP contribution in [0.4, 0.5) is 17.1 Å². The normalized spacial score (nSPS) is 11.2. The van der Waals surface area contributed by atoms with Crippen LogP contribution in [0.25, 0.3) is 38.3 Å². The van der Waals surface area contributed by atoms with Crippen LogP contribution >= 0.6 is 0 Å². The van der Waals surface area contributed by atoms with Gasteiger partial charge in [0.05, 0.1) is 30.9 Å². The van der Waals surface area contributed by atoms with Gasteiger partial charge in [-0.25, -0.2) is 0 Å². The molecule has 0 saturated heterocycles. The van der Waals surface area contributed by atoms with E-state index in [2.05, 4.69) is 119 Å². The third-order valence-corrected chi connectivity index (χ3v) is 7.53. The van der Waals surface area contributed by atoms with Gasteiger partial charge >= 0.3 is 0 Å². The molecule has 7 aromatic rings. The topological polar surface area (TPSA) is 26.6 Å². The van der Waals surface area contributed by atoms with Crippen molar-refractivity contribution in [3.63, 3.8) is 0 Å². The molecule has 0 fully saturated rings. The summed E-state index contributed by atoms with van der Waals surface area (Å²) in [7, 11) is 3.40. The fourth-order valence-electron chi connectivity index (χ4n) is 5.71. The third-order valence-electron chi connectivity index (χ3n) is 7.53. The van der Waals surface area contributed by atoms with Gasteiger partial charge in [-0.1, -0.05) is 66.7 Å². The molecule has 1 heterocycles. The molecule has 0 amide bonds. The van der Waals surface area contributed by atoms with E-state index in [1.807, 2.05) is 24.3 Å². The lowest BCUT2D eigenvalue weighted by atomic mass is 10.1. The molecule has 40 heavy (non-hydrogen) atoms. The van der Waals surface area contributed by atoms with Crippen LogP contribution in [-0.2, 0) is 0 Å². The second kappa shape index (κ2) is 9.83. The molecule has 0 bridgehead atoms. The van der Waals surface area contributed by atoms with E-state index in [1.54, 1.807) is 14.2 Å². The number of fused-ring (bicyclic) bond motifs is 4. The van der Waals surface area contributed by atoms with E-state index >= 15 is 0 Å². The zero-order valence-electron chi connectivity index (χ0n) is 22.4. The zero-order chi connectivity index (χ0) is 27.1. The van der Waals surface area contributed by atoms with Gasteiger partial charge in [0.2, 0.25) is 0 Å². The Hall–Kier alpha value is -5.22. The Labute approximate surface area is 233 Å². The Morgan fingerprint density at radius 1 is 0.525 bits per heavy atom. The monoisotopic (exact) mass is 520 g/mol. The number of anilines is 3. The van der Waals surface area contributed by atoms with Gasteiger partial charge in [-0.15, -0.1) is 0 Å². The Bertz CT molecular complexity index is 1960. The van der Waals surface area contributed by atoms with Crippen LogP contribution in [-0.4, -0.2) is 18.8 Å². The molecule has 0 aliphatic rings. The van der Waals surface area contributed by atoms with Crippen molar-refractivity contribution < 1.29 is 9.47 Å². The van der Waals surface area contributed by atoms with E-state index in [0.29, 0.717) is 0 Å². The van der Waals surface area contributed by atoms with Crippen LogP contribution in [0.2, 0.25) is 0 Å². The Morgan fingerprint density at radius 3 is 1.88 bits per heavy atom. The van der Waals surface area contributed by atoms with E-state index in [9.17, 15) is 0 Å². The lowest BCUT2D eigenvalue weighted by molar-refractivity contribution is 0.414. The molecule has 0 saturated carbocycles. The Kier molecular flexibility index (Phi) is 5.86. The van der Waals surface area contributed by atoms with Gasteiger partial charge in [-0.2, -0.15) is 0 Å². The average Bonchev–Trinajstić information content (AvgIpc) is 3.36. The smallest absolute Gasteiger partial charge is 0.120 e. The first-order chi connectivity index (χ1) is 19.7. The molecule has 7 rings (SSSR count). The van der Waals surface area contributed by atoms with Crippen molar-refractivity contribution in [1.82, 2.24) is 4.57 Å². The van der Waals surface area contributed by atoms with Crippen molar-refractivity contribution in [2.45, 2.75) is 0 Å². The van der Waals surface area contributed by atoms with Gasteiger partial charge in [0.15, 0.2) is 0 Å². The summed E-state index contributed by atoms with van der Waals surface area (Å²) in [5.74, 6) is 1.60. The molecule has 0 atom stereocenters. The van der Waals surface area contributed by atoms with E-state index in [1.165, 1.54) is 21.5 Å². The molecule has 0 N–H and O–H groups in total. The first-order valence-electron chi connectivity index (χ1n) is 13.3. The zero-order valence-corrected chi connectivity index (χ0v) is 22.4. The molecule has 6 aromatic carbocycles. The van der Waals surface area contributed by atoms with E-state index in [0.717, 1.165) is 45.3 Å². The van der Waals surface area contributed by atoms with Gasteiger partial charge in [0, 0.05) is 40.0 Å². The van der Waals surface area contributed by atoms with Crippen molar-refractivity contribution in [3.05, 3.63) is 133 Å². The molecule has 1 aromatic heterocycles. The van der Waals surface area contributed by atoms with Crippen molar-refractivity contribution in [2.75, 3.05) is 19.1 Å². The minimum absolute atomic E-state index is 0.802. The average molecular weight is 521 g/mol. The van der Waals surface area contributed by atoms with Crippen LogP contribution < -0.4 is 14.4 Å². The first kappa shape index (κ1) is 23.9. The standard InChI is InChI=1S/C36H28N2O2/c1-39-30-14-7-12-27(23-30)37(28-13-8-15-31(24-28)40-2)34-18-9-19-35-36(34)32-16-5-6-17-33(32)38(35)29-21-20-25-10-3-4-11-26(25)22-29/h3-24H,1-2H3. The molecule has 0 aliphatic heterocycles. The number of hydrogen-bond donors (Lipinski definition) is 0. The van der Waals surface area contributed by atoms with Crippen molar-refractivity contribution >= 4 is 49.6 Å². The molecule has 4 heteroatoms. The molecule has 194 valence electrons. The van der Waals surface area contributed by atoms with Crippen molar-refractivity contribution in [2.24, 2.45) is 0 Å². The maximum absolute atomic E-state index is 5.62. The van der Waals surface area contributed by atoms with Crippen LogP contribution in [0.5, 0.6) is 11.5 Å². The second-order valence-electron chi connectivity index (χ2n) is 9.79. The second-order valence-corrected chi connectivity index (χ2v) is 9.79. The summed E-state index contributed by atoms with van der Waals surface area (Å²) in [5.41, 5.74) is 6.53. The summed E-state index contributed by atoms with van der Waals surface area (Å²) >= 11 is 0. The highest BCUT2D eigenvalue weighted by atomic mass is 16.5. The highest BCUT2D eigenvalue weighted by Gasteiger charge is 2.21. The predicted octanol–water partition coefficient (Wildman–Crippen LogP) is 9.42. The van der Waals surface area contributed by atoms with E-state index in [-0.39, 0.29) is 0 Å². The summed E-state index contributed by atoms with van der Waals surface area (Å²) in [6.07, 6.45) is 0. The largest absolute Gasteiger partial charge is 0.497 e. The van der Waals surface area contributed by atoms with Gasteiger partial charge < -0.3 is 18.9 Å². The van der Waals surface area contributed by atoms with Gasteiger partial charge in [-0.05, 0) is 65.4 Å². The Balaban J connectivity index is 1.55. The first-order valence-corrected chi connectivity index (χ1v) is 13.3. The third kappa shape index (κ3) is 3.93. The summed E-state index contributed by atoms with van der Waals surface area (Å²) < 4.78 is 13.6. The maximum Gasteiger partial charge on any atom is 0.120 e. The highest BCUT2D eigenvalue weighted by molar-refractivity contribution is 6.16. The molecule has 0 unspecified atom stereocenters. The van der Waals surface area contributed by atoms with E-state index in [4.69, 9.17) is 9.47 Å². The van der Waals surface area contributed by atoms with Crippen molar-refractivity contribution in [3.8, 4) is 17.2 Å². The lowest BCUT2D eigenvalue weighted by Gasteiger charge is -2.27. The number of benzene rings is 6. The summed E-state index contributed by atoms with van der Waals surface area (Å²) in [6, 6.07) is 46.8. The number of aromatic nitrogens is 1. The van der Waals surface area contributed by atoms with Crippen LogP contribution in [0.1, 0.15) is 0 Å². The minimum atomic E-state index is 0.802. The van der Waals surface area contributed by atoms with Gasteiger partial charge in [0.25, 0.3) is 0 Å². The molecule has 0 spiro atoms. The number of ether oxygens (including phenoxy) is 2. The Morgan fingerprint density at radius 2 is 1.15 bits per heavy atom. The minimum Gasteiger partial charge on any atom is -0.497 e. The number of hydrogen-bond acceptors (Lipinski definition) is 3. The van der Waals surface area contributed by atoms with Crippen molar-refractivity contribution in [1.29, 1.82) is 0 Å². The number of methoxy groups -OCH3 is 2. The summed E-state index contributed by atoms with van der Waals surface area (Å²) in [5, 5.41) is 4.82. The quantitative estimate of drug-likeness (QED) is 0.218. The lowest BCUT2D eigenvalue weighted by Crippen LogP contribution is -2.10. The SMILES string of the molecule is COc1cccc(N(c2cccc(OC)c2)c2cccc3c2c2ccccc2n3-c2ccc3ccccc3c2)c1. The van der Waals surface area contributed by atoms with E-state index < -0.39 is 0 Å². The molecule has 4 nitrogen and oxygen atoms in total. The van der Waals surface area contributed by atoms with Crippen LogP contribution in [0.15, 0.2) is 133 Å². The number of rotatable bonds is 6. The fourth-order valence-corrected chi connectivity index (χ4v) is 5.71.